The molecule has 128 valence electrons. The number of rotatable bonds is 3. The fraction of sp³-hybridized carbons (Fsp3) is 0.556. The maximum absolute atomic E-state index is 13.0. The summed E-state index contributed by atoms with van der Waals surface area (Å²) in [7, 11) is 0. The molecule has 1 N–H and O–H groups in total. The van der Waals surface area contributed by atoms with Gasteiger partial charge in [0.05, 0.1) is 6.04 Å². The van der Waals surface area contributed by atoms with Crippen molar-refractivity contribution < 1.29 is 4.79 Å². The van der Waals surface area contributed by atoms with Crippen LogP contribution in [0, 0.1) is 0 Å². The van der Waals surface area contributed by atoms with Crippen LogP contribution in [0.3, 0.4) is 0 Å². The van der Waals surface area contributed by atoms with Crippen LogP contribution in [0.1, 0.15) is 41.8 Å². The SMILES string of the molecule is C[C@@H](C(=O)N1CCc2sccc2C1)N1CCC[C@@H](c2ccn[nH]2)C1. The number of piperidine rings is 1. The summed E-state index contributed by atoms with van der Waals surface area (Å²) >= 11 is 1.82. The van der Waals surface area contributed by atoms with Gasteiger partial charge < -0.3 is 4.90 Å². The molecule has 2 atom stereocenters. The Balaban J connectivity index is 1.41. The van der Waals surface area contributed by atoms with E-state index in [0.717, 1.165) is 39.0 Å². The lowest BCUT2D eigenvalue weighted by molar-refractivity contribution is -0.137. The monoisotopic (exact) mass is 344 g/mol. The van der Waals surface area contributed by atoms with E-state index in [4.69, 9.17) is 0 Å². The summed E-state index contributed by atoms with van der Waals surface area (Å²) < 4.78 is 0. The number of carbonyl (C=O) groups excluding carboxylic acids is 1. The van der Waals surface area contributed by atoms with Crippen molar-refractivity contribution in [3.8, 4) is 0 Å². The maximum Gasteiger partial charge on any atom is 0.239 e. The van der Waals surface area contributed by atoms with Crippen molar-refractivity contribution in [3.05, 3.63) is 39.8 Å². The molecule has 4 heterocycles. The van der Waals surface area contributed by atoms with Crippen LogP contribution >= 0.6 is 11.3 Å². The van der Waals surface area contributed by atoms with E-state index in [1.807, 2.05) is 22.4 Å². The zero-order valence-corrected chi connectivity index (χ0v) is 14.9. The van der Waals surface area contributed by atoms with Crippen LogP contribution in [0.4, 0.5) is 0 Å². The lowest BCUT2D eigenvalue weighted by Crippen LogP contribution is -2.50. The molecule has 2 aliphatic heterocycles. The maximum atomic E-state index is 13.0. The highest BCUT2D eigenvalue weighted by Gasteiger charge is 2.32. The van der Waals surface area contributed by atoms with Gasteiger partial charge in [-0.25, -0.2) is 0 Å². The molecule has 0 saturated carbocycles. The number of hydrogen-bond donors (Lipinski definition) is 1. The molecule has 1 saturated heterocycles. The van der Waals surface area contributed by atoms with Gasteiger partial charge in [0.25, 0.3) is 0 Å². The molecule has 0 unspecified atom stereocenters. The minimum Gasteiger partial charge on any atom is -0.337 e. The number of amides is 1. The van der Waals surface area contributed by atoms with Gasteiger partial charge in [-0.15, -0.1) is 11.3 Å². The van der Waals surface area contributed by atoms with Gasteiger partial charge in [-0.1, -0.05) is 0 Å². The highest BCUT2D eigenvalue weighted by atomic mass is 32.1. The molecule has 4 rings (SSSR count). The second-order valence-electron chi connectivity index (χ2n) is 6.90. The fourth-order valence-corrected chi connectivity index (χ4v) is 4.85. The van der Waals surface area contributed by atoms with Crippen molar-refractivity contribution in [3.63, 3.8) is 0 Å². The Hall–Kier alpha value is -1.66. The van der Waals surface area contributed by atoms with Crippen LogP contribution in [-0.2, 0) is 17.8 Å². The predicted octanol–water partition coefficient (Wildman–Crippen LogP) is 2.62. The van der Waals surface area contributed by atoms with Gasteiger partial charge in [-0.2, -0.15) is 5.10 Å². The minimum absolute atomic E-state index is 0.0455. The molecule has 1 amide bonds. The van der Waals surface area contributed by atoms with Gasteiger partial charge in [-0.05, 0) is 55.8 Å². The van der Waals surface area contributed by atoms with Crippen LogP contribution in [-0.4, -0.2) is 51.6 Å². The van der Waals surface area contributed by atoms with E-state index in [9.17, 15) is 4.79 Å². The highest BCUT2D eigenvalue weighted by molar-refractivity contribution is 7.10. The Morgan fingerprint density at radius 3 is 3.17 bits per heavy atom. The third-order valence-corrected chi connectivity index (χ3v) is 6.46. The summed E-state index contributed by atoms with van der Waals surface area (Å²) in [5.74, 6) is 0.735. The number of aromatic amines is 1. The van der Waals surface area contributed by atoms with Gasteiger partial charge in [0.1, 0.15) is 0 Å². The van der Waals surface area contributed by atoms with E-state index in [1.54, 1.807) is 0 Å². The molecule has 0 spiro atoms. The van der Waals surface area contributed by atoms with E-state index < -0.39 is 0 Å². The van der Waals surface area contributed by atoms with Crippen molar-refractivity contribution >= 4 is 17.2 Å². The second kappa shape index (κ2) is 6.69. The molecule has 24 heavy (non-hydrogen) atoms. The average Bonchev–Trinajstić information content (AvgIpc) is 3.31. The number of likely N-dealkylation sites (tertiary alicyclic amines) is 1. The first kappa shape index (κ1) is 15.8. The summed E-state index contributed by atoms with van der Waals surface area (Å²) in [5, 5.41) is 9.31. The summed E-state index contributed by atoms with van der Waals surface area (Å²) in [6.07, 6.45) is 5.12. The number of nitrogens with one attached hydrogen (secondary N) is 1. The highest BCUT2D eigenvalue weighted by Crippen LogP contribution is 2.28. The summed E-state index contributed by atoms with van der Waals surface area (Å²) in [4.78, 5) is 18.8. The normalized spacial score (nSPS) is 23.0. The topological polar surface area (TPSA) is 52.2 Å². The van der Waals surface area contributed by atoms with Crippen LogP contribution in [0.15, 0.2) is 23.7 Å². The van der Waals surface area contributed by atoms with Gasteiger partial charge >= 0.3 is 0 Å². The van der Waals surface area contributed by atoms with Crippen molar-refractivity contribution in [1.29, 1.82) is 0 Å². The first-order chi connectivity index (χ1) is 11.7. The molecule has 0 aromatic carbocycles. The second-order valence-corrected chi connectivity index (χ2v) is 7.90. The zero-order chi connectivity index (χ0) is 16.5. The van der Waals surface area contributed by atoms with Gasteiger partial charge in [0.2, 0.25) is 5.91 Å². The molecule has 1 fully saturated rings. The van der Waals surface area contributed by atoms with Crippen molar-refractivity contribution in [2.45, 2.75) is 44.7 Å². The molecule has 6 heteroatoms. The Bertz CT molecular complexity index is 696. The van der Waals surface area contributed by atoms with E-state index in [1.165, 1.54) is 22.6 Å². The zero-order valence-electron chi connectivity index (χ0n) is 14.1. The van der Waals surface area contributed by atoms with Crippen LogP contribution in [0.25, 0.3) is 0 Å². The van der Waals surface area contributed by atoms with Crippen molar-refractivity contribution in [1.82, 2.24) is 20.0 Å². The lowest BCUT2D eigenvalue weighted by Gasteiger charge is -2.38. The Morgan fingerprint density at radius 2 is 2.33 bits per heavy atom. The number of aromatic nitrogens is 2. The lowest BCUT2D eigenvalue weighted by atomic mass is 9.93. The van der Waals surface area contributed by atoms with E-state index in [-0.39, 0.29) is 11.9 Å². The van der Waals surface area contributed by atoms with Crippen LogP contribution < -0.4 is 0 Å². The van der Waals surface area contributed by atoms with Crippen molar-refractivity contribution in [2.75, 3.05) is 19.6 Å². The standard InChI is InChI=1S/C18H24N4OS/c1-13(18(23)22-9-5-17-15(12-22)6-10-24-17)21-8-2-3-14(11-21)16-4-7-19-20-16/h4,6-7,10,13-14H,2-3,5,8-9,11-12H2,1H3,(H,19,20)/t13-,14+/m0/s1. The Kier molecular flexibility index (Phi) is 4.41. The Labute approximate surface area is 146 Å². The number of nitrogens with zero attached hydrogens (tertiary/aromatic N) is 3. The molecule has 2 aromatic rings. The summed E-state index contributed by atoms with van der Waals surface area (Å²) in [6.45, 7) is 5.65. The number of H-pyrrole nitrogens is 1. The first-order valence-electron chi connectivity index (χ1n) is 8.79. The molecule has 5 nitrogen and oxygen atoms in total. The number of hydrogen-bond acceptors (Lipinski definition) is 4. The van der Waals surface area contributed by atoms with E-state index >= 15 is 0 Å². The molecular formula is C18H24N4OS. The molecule has 0 radical (unpaired) electrons. The molecule has 2 aromatic heterocycles. The van der Waals surface area contributed by atoms with Gasteiger partial charge in [-0.3, -0.25) is 14.8 Å². The average molecular weight is 344 g/mol. The van der Waals surface area contributed by atoms with Crippen LogP contribution in [0.2, 0.25) is 0 Å². The quantitative estimate of drug-likeness (QED) is 0.931. The van der Waals surface area contributed by atoms with Crippen LogP contribution in [0.5, 0.6) is 0 Å². The fourth-order valence-electron chi connectivity index (χ4n) is 3.96. The third-order valence-electron chi connectivity index (χ3n) is 5.44. The van der Waals surface area contributed by atoms with E-state index in [2.05, 4.69) is 39.5 Å². The molecule has 0 bridgehead atoms. The van der Waals surface area contributed by atoms with Crippen molar-refractivity contribution in [2.24, 2.45) is 0 Å². The van der Waals surface area contributed by atoms with E-state index in [0.29, 0.717) is 5.92 Å². The van der Waals surface area contributed by atoms with Gasteiger partial charge in [0, 0.05) is 42.3 Å². The summed E-state index contributed by atoms with van der Waals surface area (Å²) in [5.41, 5.74) is 2.53. The molecule has 2 aliphatic rings. The van der Waals surface area contributed by atoms with Gasteiger partial charge in [0.15, 0.2) is 0 Å². The molecular weight excluding hydrogens is 320 g/mol. The predicted molar refractivity (Wildman–Crippen MR) is 95.0 cm³/mol. The summed E-state index contributed by atoms with van der Waals surface area (Å²) in [6, 6.07) is 4.18. The first-order valence-corrected chi connectivity index (χ1v) is 9.67. The number of thiophene rings is 1. The number of carbonyl (C=O) groups is 1. The number of fused-ring (bicyclic) bond motifs is 1. The minimum atomic E-state index is -0.0455. The molecule has 0 aliphatic carbocycles. The largest absolute Gasteiger partial charge is 0.337 e. The Morgan fingerprint density at radius 1 is 1.42 bits per heavy atom. The smallest absolute Gasteiger partial charge is 0.239 e. The third kappa shape index (κ3) is 3.00.